The van der Waals surface area contributed by atoms with Crippen LogP contribution in [0.2, 0.25) is 0 Å². The highest BCUT2D eigenvalue weighted by Gasteiger charge is 2.16. The van der Waals surface area contributed by atoms with E-state index < -0.39 is 26.4 Å². The zero-order valence-corrected chi connectivity index (χ0v) is 12.1. The summed E-state index contributed by atoms with van der Waals surface area (Å²) in [6, 6.07) is 0. The van der Waals surface area contributed by atoms with Gasteiger partial charge >= 0.3 is 17.7 Å². The summed E-state index contributed by atoms with van der Waals surface area (Å²) in [6.45, 7) is 0. The van der Waals surface area contributed by atoms with E-state index in [0.717, 1.165) is 0 Å². The predicted octanol–water partition coefficient (Wildman–Crippen LogP) is -15.2. The van der Waals surface area contributed by atoms with Crippen LogP contribution in [0.25, 0.3) is 0 Å². The van der Waals surface area contributed by atoms with Gasteiger partial charge in [0.15, 0.2) is 0 Å². The topological polar surface area (TPSA) is 404 Å². The number of nitrogen functional groups attached to an aromatic ring is 2. The highest BCUT2D eigenvalue weighted by Crippen LogP contribution is 1.77. The molecular formula is C3H14Cl2N6O12. The normalized spacial score (nSPS) is 9.26. The fourth-order valence-corrected chi connectivity index (χ4v) is 0.513. The van der Waals surface area contributed by atoms with Crippen LogP contribution in [0.3, 0.4) is 0 Å². The van der Waals surface area contributed by atoms with Crippen molar-refractivity contribution in [3.63, 3.8) is 0 Å². The van der Waals surface area contributed by atoms with Gasteiger partial charge < -0.3 is 16.4 Å². The third kappa shape index (κ3) is 38.5. The Kier molecular flexibility index (Phi) is 20.4. The van der Waals surface area contributed by atoms with Gasteiger partial charge in [-0.05, 0) is 0 Å². The summed E-state index contributed by atoms with van der Waals surface area (Å²) in [6.07, 6.45) is 0. The third-order valence-corrected chi connectivity index (χ3v) is 0.940. The predicted molar refractivity (Wildman–Crippen MR) is 40.8 cm³/mol. The summed E-state index contributed by atoms with van der Waals surface area (Å²) in [5.74, 6) is 4.80. The van der Waals surface area contributed by atoms with E-state index in [0.29, 0.717) is 0 Å². The molecule has 1 aromatic rings. The minimum atomic E-state index is -4.94. The maximum atomic E-state index is 10.7. The van der Waals surface area contributed by atoms with Gasteiger partial charge in [-0.3, -0.25) is 10.2 Å². The Morgan fingerprint density at radius 2 is 1.26 bits per heavy atom. The molecule has 0 fully saturated rings. The summed E-state index contributed by atoms with van der Waals surface area (Å²) in [5.41, 5.74) is 7.13. The molecule has 0 radical (unpaired) electrons. The molecule has 0 unspecified atom stereocenters. The quantitative estimate of drug-likeness (QED) is 0.195. The number of H-pyrrole nitrogens is 3. The van der Waals surface area contributed by atoms with Gasteiger partial charge in [0.2, 0.25) is 0 Å². The molecule has 1 heterocycles. The summed E-state index contributed by atoms with van der Waals surface area (Å²) in [7, 11) is -9.89. The Balaban J connectivity index is -0.0000000728. The standard InChI is InChI=1S/C3H6N6O.2ClHO4.3H2O/c4-3-6-1(8-9-3)2(10)7-5;2*2-1(3,4)5;;;/h5H2,(H,7,10)(H3,4,6,8,9);2*(H,2,3,4,5);3*1H2. The fraction of sp³-hybridized carbons (Fsp3) is 0. The highest BCUT2D eigenvalue weighted by atomic mass is 35.7. The van der Waals surface area contributed by atoms with Crippen LogP contribution in [-0.4, -0.2) is 27.4 Å². The Bertz CT molecular complexity index is 378. The first kappa shape index (κ1) is 33.2. The van der Waals surface area contributed by atoms with Crippen molar-refractivity contribution in [3.05, 3.63) is 5.82 Å². The zero-order chi connectivity index (χ0) is 16.6. The first-order valence-electron chi connectivity index (χ1n) is 3.77. The molecule has 0 aliphatic rings. The van der Waals surface area contributed by atoms with Crippen molar-refractivity contribution in [2.75, 3.05) is 5.73 Å². The molecule has 0 bridgehead atoms. The van der Waals surface area contributed by atoms with E-state index >= 15 is 0 Å². The molecule has 0 saturated carbocycles. The van der Waals surface area contributed by atoms with E-state index in [1.54, 1.807) is 0 Å². The molecule has 0 saturated heterocycles. The minimum Gasteiger partial charge on any atom is -0.412 e. The van der Waals surface area contributed by atoms with Crippen LogP contribution >= 0.6 is 0 Å². The van der Waals surface area contributed by atoms with Crippen LogP contribution < -0.4 is 64.4 Å². The Labute approximate surface area is 130 Å². The molecule has 18 nitrogen and oxygen atoms in total. The number of aromatic amines is 3. The second kappa shape index (κ2) is 14.1. The van der Waals surface area contributed by atoms with Gasteiger partial charge in [0, 0.05) is 0 Å². The molecule has 1 amide bonds. The molecule has 0 atom stereocenters. The molecule has 0 aliphatic carbocycles. The van der Waals surface area contributed by atoms with Crippen LogP contribution in [0, 0.1) is 20.5 Å². The maximum absolute atomic E-state index is 10.7. The number of hydrogen-bond acceptors (Lipinski definition) is 11. The van der Waals surface area contributed by atoms with E-state index in [4.69, 9.17) is 48.8 Å². The number of carbonyl (C=O) groups excluding carboxylic acids is 1. The first-order chi connectivity index (χ1) is 8.74. The summed E-state index contributed by atoms with van der Waals surface area (Å²) >= 11 is 0. The van der Waals surface area contributed by atoms with Gasteiger partial charge in [-0.1, -0.05) is 5.10 Å². The van der Waals surface area contributed by atoms with E-state index in [1.807, 2.05) is 5.43 Å². The summed E-state index contributed by atoms with van der Waals surface area (Å²) < 4.78 is 67.9. The van der Waals surface area contributed by atoms with Crippen molar-refractivity contribution in [1.29, 1.82) is 0 Å². The molecule has 1 rings (SSSR count). The van der Waals surface area contributed by atoms with Crippen molar-refractivity contribution >= 4 is 11.9 Å². The number of nitrogens with two attached hydrogens (primary N) is 2. The van der Waals surface area contributed by atoms with Crippen molar-refractivity contribution in [2.45, 2.75) is 0 Å². The van der Waals surface area contributed by atoms with Crippen LogP contribution in [-0.2, 0) is 0 Å². The van der Waals surface area contributed by atoms with E-state index in [2.05, 4.69) is 15.2 Å². The molecule has 0 aromatic carbocycles. The van der Waals surface area contributed by atoms with Gasteiger partial charge in [-0.15, -0.1) is 25.5 Å². The third-order valence-electron chi connectivity index (χ3n) is 0.940. The zero-order valence-electron chi connectivity index (χ0n) is 10.6. The van der Waals surface area contributed by atoms with Gasteiger partial charge in [0.1, 0.15) is 0 Å². The Hall–Kier alpha value is -1.49. The lowest BCUT2D eigenvalue weighted by atomic mass is 10.6. The van der Waals surface area contributed by atoms with Gasteiger partial charge in [-0.2, -0.15) is 5.10 Å². The van der Waals surface area contributed by atoms with E-state index in [-0.39, 0.29) is 28.2 Å². The number of anilines is 1. The van der Waals surface area contributed by atoms with Crippen LogP contribution in [0.1, 0.15) is 10.6 Å². The monoisotopic (exact) mass is 396 g/mol. The lowest BCUT2D eigenvalue weighted by molar-refractivity contribution is -2.00. The Morgan fingerprint density at radius 1 is 0.957 bits per heavy atom. The molecule has 23 heavy (non-hydrogen) atoms. The number of amides is 1. The minimum absolute atomic E-state index is 0. The highest BCUT2D eigenvalue weighted by molar-refractivity contribution is 5.88. The van der Waals surface area contributed by atoms with Crippen LogP contribution in [0.15, 0.2) is 0 Å². The lowest BCUT2D eigenvalue weighted by Crippen LogP contribution is -2.68. The number of carbonyl (C=O) groups is 1. The van der Waals surface area contributed by atoms with E-state index in [9.17, 15) is 4.79 Å². The van der Waals surface area contributed by atoms with Crippen molar-refractivity contribution < 1.29 is 89.1 Å². The molecule has 14 N–H and O–H groups in total. The first-order valence-corrected chi connectivity index (χ1v) is 6.23. The molecule has 0 aliphatic heterocycles. The lowest BCUT2D eigenvalue weighted by Gasteiger charge is -2.17. The van der Waals surface area contributed by atoms with Crippen molar-refractivity contribution in [1.82, 2.24) is 10.5 Å². The van der Waals surface area contributed by atoms with E-state index in [1.165, 1.54) is 0 Å². The summed E-state index contributed by atoms with van der Waals surface area (Å²) in [4.78, 5) is 13.2. The number of halogens is 2. The number of aromatic nitrogens is 3. The molecular weight excluding hydrogens is 383 g/mol. The number of hydrazine groups is 1. The average Bonchev–Trinajstić information content (AvgIpc) is 2.58. The molecule has 1 aromatic heterocycles. The van der Waals surface area contributed by atoms with Crippen LogP contribution in [0.5, 0.6) is 0 Å². The smallest absolute Gasteiger partial charge is 0.412 e. The molecule has 20 heteroatoms. The molecule has 0 spiro atoms. The summed E-state index contributed by atoms with van der Waals surface area (Å²) in [5, 5.41) is 4.92. The number of nitrogens with one attached hydrogen (secondary N) is 4. The second-order valence-electron chi connectivity index (χ2n) is 2.39. The second-order valence-corrected chi connectivity index (χ2v) is 3.90. The number of rotatable bonds is 1. The average molecular weight is 397 g/mol. The Morgan fingerprint density at radius 3 is 1.43 bits per heavy atom. The number of hydrogen-bond donors (Lipinski definition) is 4. The maximum Gasteiger partial charge on any atom is 0.541 e. The molecule has 142 valence electrons. The van der Waals surface area contributed by atoms with Crippen LogP contribution in [0.4, 0.5) is 5.95 Å². The van der Waals surface area contributed by atoms with Gasteiger partial charge in [0.25, 0.3) is 0 Å². The fourth-order valence-electron chi connectivity index (χ4n) is 0.513. The van der Waals surface area contributed by atoms with Crippen molar-refractivity contribution in [3.8, 4) is 0 Å². The van der Waals surface area contributed by atoms with Crippen molar-refractivity contribution in [2.24, 2.45) is 5.84 Å². The van der Waals surface area contributed by atoms with Gasteiger partial charge in [0.05, 0.1) is 0 Å². The SMILES string of the molecule is NNC(=O)c1[nH][nH+]c(N)[nH+]1.O.O.O.[O-][Cl+3]([O-])([O-])[O-].[O-][Cl+3]([O-])([O-])[O-]. The van der Waals surface area contributed by atoms with Gasteiger partial charge in [-0.25, -0.2) is 48.8 Å². The largest absolute Gasteiger partial charge is 0.541 e.